The Hall–Kier alpha value is -2.14. The molecule has 0 fully saturated rings. The van der Waals surface area contributed by atoms with Crippen molar-refractivity contribution in [3.05, 3.63) is 47.6 Å². The first kappa shape index (κ1) is 11.0. The van der Waals surface area contributed by atoms with Crippen LogP contribution in [0.15, 0.2) is 42.6 Å². The molecule has 2 aromatic heterocycles. The largest absolute Gasteiger partial charge is 0.486 e. The van der Waals surface area contributed by atoms with Crippen molar-refractivity contribution in [3.63, 3.8) is 0 Å². The third-order valence-corrected chi connectivity index (χ3v) is 3.41. The van der Waals surface area contributed by atoms with E-state index in [0.29, 0.717) is 6.61 Å². The Morgan fingerprint density at radius 2 is 2.00 bits per heavy atom. The van der Waals surface area contributed by atoms with Crippen LogP contribution in [0.2, 0.25) is 0 Å². The molecular formula is C13H11N3OS. The van der Waals surface area contributed by atoms with E-state index in [-0.39, 0.29) is 0 Å². The van der Waals surface area contributed by atoms with Crippen molar-refractivity contribution in [3.8, 4) is 5.75 Å². The smallest absolute Gasteiger partial charge is 0.143 e. The predicted molar refractivity (Wildman–Crippen MR) is 72.6 cm³/mol. The quantitative estimate of drug-likeness (QED) is 0.733. The number of nitrogens with two attached hydrogens (primary N) is 1. The van der Waals surface area contributed by atoms with Crippen molar-refractivity contribution in [1.29, 1.82) is 0 Å². The van der Waals surface area contributed by atoms with E-state index in [1.807, 2.05) is 36.4 Å². The van der Waals surface area contributed by atoms with Gasteiger partial charge in [0, 0.05) is 11.9 Å². The Labute approximate surface area is 108 Å². The number of anilines is 1. The summed E-state index contributed by atoms with van der Waals surface area (Å²) < 4.78 is 5.64. The lowest BCUT2D eigenvalue weighted by Gasteiger charge is -2.03. The minimum Gasteiger partial charge on any atom is -0.486 e. The minimum absolute atomic E-state index is 0.449. The van der Waals surface area contributed by atoms with Crippen LogP contribution in [0.4, 0.5) is 5.69 Å². The summed E-state index contributed by atoms with van der Waals surface area (Å²) >= 11 is 1.55. The maximum absolute atomic E-state index is 5.64. The van der Waals surface area contributed by atoms with Gasteiger partial charge in [-0.3, -0.25) is 0 Å². The lowest BCUT2D eigenvalue weighted by Crippen LogP contribution is -1.94. The van der Waals surface area contributed by atoms with Gasteiger partial charge in [0.05, 0.1) is 0 Å². The second-order valence-corrected chi connectivity index (χ2v) is 4.86. The highest BCUT2D eigenvalue weighted by molar-refractivity contribution is 7.18. The number of hydrogen-bond donors (Lipinski definition) is 1. The zero-order valence-corrected chi connectivity index (χ0v) is 10.4. The van der Waals surface area contributed by atoms with Gasteiger partial charge in [0.15, 0.2) is 0 Å². The molecule has 0 spiro atoms. The van der Waals surface area contributed by atoms with E-state index in [0.717, 1.165) is 26.8 Å². The van der Waals surface area contributed by atoms with Crippen molar-refractivity contribution in [2.45, 2.75) is 6.61 Å². The van der Waals surface area contributed by atoms with Gasteiger partial charge in [0.1, 0.15) is 27.7 Å². The van der Waals surface area contributed by atoms with E-state index >= 15 is 0 Å². The SMILES string of the molecule is Nc1ccc(OCc2nc3cccnc3s2)cc1. The van der Waals surface area contributed by atoms with Crippen molar-refractivity contribution >= 4 is 27.4 Å². The van der Waals surface area contributed by atoms with Crippen LogP contribution in [0.3, 0.4) is 0 Å². The molecule has 1 aromatic carbocycles. The lowest BCUT2D eigenvalue weighted by molar-refractivity contribution is 0.306. The molecule has 0 bridgehead atoms. The van der Waals surface area contributed by atoms with E-state index in [9.17, 15) is 0 Å². The molecule has 0 amide bonds. The average molecular weight is 257 g/mol. The van der Waals surface area contributed by atoms with Crippen molar-refractivity contribution in [1.82, 2.24) is 9.97 Å². The summed E-state index contributed by atoms with van der Waals surface area (Å²) in [4.78, 5) is 9.64. The normalized spacial score (nSPS) is 10.7. The third kappa shape index (κ3) is 2.26. The number of benzene rings is 1. The van der Waals surface area contributed by atoms with Crippen LogP contribution >= 0.6 is 11.3 Å². The summed E-state index contributed by atoms with van der Waals surface area (Å²) in [7, 11) is 0. The maximum Gasteiger partial charge on any atom is 0.143 e. The molecule has 0 unspecified atom stereocenters. The molecule has 0 aliphatic heterocycles. The summed E-state index contributed by atoms with van der Waals surface area (Å²) in [5, 5.41) is 0.917. The Balaban J connectivity index is 1.74. The van der Waals surface area contributed by atoms with Gasteiger partial charge in [0.25, 0.3) is 0 Å². The molecule has 0 atom stereocenters. The Morgan fingerprint density at radius 3 is 2.78 bits per heavy atom. The highest BCUT2D eigenvalue weighted by Crippen LogP contribution is 2.21. The molecule has 4 nitrogen and oxygen atoms in total. The molecule has 0 saturated heterocycles. The van der Waals surface area contributed by atoms with Crippen LogP contribution in [0.1, 0.15) is 5.01 Å². The van der Waals surface area contributed by atoms with Crippen molar-refractivity contribution in [2.24, 2.45) is 0 Å². The lowest BCUT2D eigenvalue weighted by atomic mass is 10.3. The number of pyridine rings is 1. The Morgan fingerprint density at radius 1 is 1.17 bits per heavy atom. The number of thiazole rings is 1. The fourth-order valence-electron chi connectivity index (χ4n) is 1.59. The van der Waals surface area contributed by atoms with Crippen molar-refractivity contribution in [2.75, 3.05) is 5.73 Å². The van der Waals surface area contributed by atoms with Gasteiger partial charge in [-0.1, -0.05) is 11.3 Å². The number of hydrogen-bond acceptors (Lipinski definition) is 5. The van der Waals surface area contributed by atoms with E-state index in [2.05, 4.69) is 9.97 Å². The Kier molecular flexibility index (Phi) is 2.82. The molecule has 0 aliphatic rings. The van der Waals surface area contributed by atoms with Gasteiger partial charge in [-0.15, -0.1) is 0 Å². The van der Waals surface area contributed by atoms with Crippen LogP contribution in [0.5, 0.6) is 5.75 Å². The highest BCUT2D eigenvalue weighted by Gasteiger charge is 2.04. The van der Waals surface area contributed by atoms with Crippen LogP contribution in [0.25, 0.3) is 10.3 Å². The van der Waals surface area contributed by atoms with Gasteiger partial charge in [-0.2, -0.15) is 0 Å². The second kappa shape index (κ2) is 4.62. The molecular weight excluding hydrogens is 246 g/mol. The molecule has 3 rings (SSSR count). The number of rotatable bonds is 3. The average Bonchev–Trinajstić information content (AvgIpc) is 2.81. The summed E-state index contributed by atoms with van der Waals surface area (Å²) in [6, 6.07) is 11.2. The van der Waals surface area contributed by atoms with Gasteiger partial charge < -0.3 is 10.5 Å². The molecule has 2 heterocycles. The van der Waals surface area contributed by atoms with Crippen molar-refractivity contribution < 1.29 is 4.74 Å². The van der Waals surface area contributed by atoms with E-state index < -0.39 is 0 Å². The van der Waals surface area contributed by atoms with Gasteiger partial charge in [-0.25, -0.2) is 9.97 Å². The molecule has 3 aromatic rings. The number of nitrogen functional groups attached to an aromatic ring is 1. The van der Waals surface area contributed by atoms with Gasteiger partial charge in [-0.05, 0) is 36.4 Å². The molecule has 0 aliphatic carbocycles. The number of ether oxygens (including phenoxy) is 1. The fourth-order valence-corrected chi connectivity index (χ4v) is 2.40. The topological polar surface area (TPSA) is 61.0 Å². The first-order valence-electron chi connectivity index (χ1n) is 5.50. The summed E-state index contributed by atoms with van der Waals surface area (Å²) in [5.41, 5.74) is 7.25. The third-order valence-electron chi connectivity index (χ3n) is 2.45. The number of nitrogens with zero attached hydrogens (tertiary/aromatic N) is 2. The molecule has 0 saturated carbocycles. The Bertz CT molecular complexity index is 630. The summed E-state index contributed by atoms with van der Waals surface area (Å²) in [6.07, 6.45) is 1.77. The fraction of sp³-hybridized carbons (Fsp3) is 0.0769. The van der Waals surface area contributed by atoms with E-state index in [1.165, 1.54) is 0 Å². The molecule has 2 N–H and O–H groups in total. The molecule has 5 heteroatoms. The van der Waals surface area contributed by atoms with Crippen LogP contribution in [0, 0.1) is 0 Å². The van der Waals surface area contributed by atoms with E-state index in [4.69, 9.17) is 10.5 Å². The summed E-state index contributed by atoms with van der Waals surface area (Å²) in [5.74, 6) is 0.788. The summed E-state index contributed by atoms with van der Waals surface area (Å²) in [6.45, 7) is 0.449. The predicted octanol–water partition coefficient (Wildman–Crippen LogP) is 2.85. The standard InChI is InChI=1S/C13H11N3OS/c14-9-3-5-10(6-4-9)17-8-12-16-11-2-1-7-15-13(11)18-12/h1-7H,8,14H2. The first-order chi connectivity index (χ1) is 8.81. The maximum atomic E-state index is 5.64. The monoisotopic (exact) mass is 257 g/mol. The molecule has 0 radical (unpaired) electrons. The van der Waals surface area contributed by atoms with E-state index in [1.54, 1.807) is 17.5 Å². The molecule has 90 valence electrons. The van der Waals surface area contributed by atoms with Gasteiger partial charge >= 0.3 is 0 Å². The van der Waals surface area contributed by atoms with Crippen LogP contribution < -0.4 is 10.5 Å². The first-order valence-corrected chi connectivity index (χ1v) is 6.32. The van der Waals surface area contributed by atoms with Gasteiger partial charge in [0.2, 0.25) is 0 Å². The van der Waals surface area contributed by atoms with Crippen LogP contribution in [-0.4, -0.2) is 9.97 Å². The second-order valence-electron chi connectivity index (χ2n) is 3.79. The number of fused-ring (bicyclic) bond motifs is 1. The molecule has 18 heavy (non-hydrogen) atoms. The zero-order chi connectivity index (χ0) is 12.4. The minimum atomic E-state index is 0.449. The van der Waals surface area contributed by atoms with Crippen LogP contribution in [-0.2, 0) is 6.61 Å². The highest BCUT2D eigenvalue weighted by atomic mass is 32.1. The zero-order valence-electron chi connectivity index (χ0n) is 9.54. The number of aromatic nitrogens is 2.